The maximum absolute atomic E-state index is 13.4. The number of hydrogen-bond acceptors (Lipinski definition) is 6. The lowest BCUT2D eigenvalue weighted by molar-refractivity contribution is -0.141. The molecule has 11 nitrogen and oxygen atoms in total. The van der Waals surface area contributed by atoms with Crippen molar-refractivity contribution in [1.82, 2.24) is 30.2 Å². The summed E-state index contributed by atoms with van der Waals surface area (Å²) in [5.41, 5.74) is 0.653. The monoisotopic (exact) mass is 548 g/mol. The highest BCUT2D eigenvalue weighted by Crippen LogP contribution is 2.15. The average molecular weight is 549 g/mol. The van der Waals surface area contributed by atoms with Crippen molar-refractivity contribution in [2.24, 2.45) is 0 Å². The van der Waals surface area contributed by atoms with Crippen molar-refractivity contribution >= 4 is 23.6 Å². The van der Waals surface area contributed by atoms with Crippen LogP contribution in [0, 0.1) is 0 Å². The summed E-state index contributed by atoms with van der Waals surface area (Å²) in [4.78, 5) is 54.7. The average Bonchev–Trinajstić information content (AvgIpc) is 3.43. The molecule has 3 rings (SSSR count). The number of carbonyl (C=O) groups excluding carboxylic acids is 4. The van der Waals surface area contributed by atoms with Gasteiger partial charge in [-0.15, -0.1) is 0 Å². The van der Waals surface area contributed by atoms with Crippen LogP contribution in [0.4, 0.5) is 8.78 Å². The van der Waals surface area contributed by atoms with E-state index in [2.05, 4.69) is 15.7 Å². The van der Waals surface area contributed by atoms with Gasteiger partial charge in [0.25, 0.3) is 5.91 Å². The van der Waals surface area contributed by atoms with E-state index in [1.54, 1.807) is 38.3 Å². The SMILES string of the molecule is COc1ccc(C[C@@H]2NC(=O)CCCN(C(=O)c3ccn(C(F)F)n3)CCCNC(=O)[C@H](C)N(C)C2=O)cc1. The van der Waals surface area contributed by atoms with Crippen molar-refractivity contribution in [1.29, 1.82) is 0 Å². The van der Waals surface area contributed by atoms with Gasteiger partial charge >= 0.3 is 6.55 Å². The maximum Gasteiger partial charge on any atom is 0.333 e. The molecule has 1 aromatic heterocycles. The summed E-state index contributed by atoms with van der Waals surface area (Å²) in [5, 5.41) is 9.19. The van der Waals surface area contributed by atoms with Crippen molar-refractivity contribution < 1.29 is 32.7 Å². The molecule has 0 aliphatic carbocycles. The Balaban J connectivity index is 1.77. The molecule has 1 aromatic carbocycles. The Morgan fingerprint density at radius 1 is 1.13 bits per heavy atom. The number of carbonyl (C=O) groups is 4. The first kappa shape index (κ1) is 29.5. The highest BCUT2D eigenvalue weighted by molar-refractivity contribution is 5.93. The van der Waals surface area contributed by atoms with Gasteiger partial charge in [-0.25, -0.2) is 4.68 Å². The number of likely N-dealkylation sites (N-methyl/N-ethyl adjacent to an activating group) is 1. The first-order chi connectivity index (χ1) is 18.6. The Morgan fingerprint density at radius 2 is 1.82 bits per heavy atom. The number of alkyl halides is 2. The Labute approximate surface area is 225 Å². The van der Waals surface area contributed by atoms with Crippen molar-refractivity contribution in [3.05, 3.63) is 47.8 Å². The Morgan fingerprint density at radius 3 is 2.46 bits per heavy atom. The Kier molecular flexibility index (Phi) is 10.4. The Bertz CT molecular complexity index is 1160. The summed E-state index contributed by atoms with van der Waals surface area (Å²) >= 11 is 0. The molecule has 212 valence electrons. The number of benzene rings is 1. The number of methoxy groups -OCH3 is 1. The smallest absolute Gasteiger partial charge is 0.333 e. The lowest BCUT2D eigenvalue weighted by Crippen LogP contribution is -2.54. The number of ether oxygens (including phenoxy) is 1. The van der Waals surface area contributed by atoms with E-state index in [4.69, 9.17) is 4.74 Å². The van der Waals surface area contributed by atoms with Crippen LogP contribution in [0.5, 0.6) is 5.75 Å². The van der Waals surface area contributed by atoms with Crippen molar-refractivity contribution in [3.8, 4) is 5.75 Å². The van der Waals surface area contributed by atoms with Gasteiger partial charge in [-0.1, -0.05) is 12.1 Å². The predicted molar refractivity (Wildman–Crippen MR) is 137 cm³/mol. The highest BCUT2D eigenvalue weighted by Gasteiger charge is 2.30. The van der Waals surface area contributed by atoms with Crippen LogP contribution in [0.25, 0.3) is 0 Å². The molecule has 0 unspecified atom stereocenters. The highest BCUT2D eigenvalue weighted by atomic mass is 19.3. The largest absolute Gasteiger partial charge is 0.497 e. The quantitative estimate of drug-likeness (QED) is 0.585. The third-order valence-electron chi connectivity index (χ3n) is 6.59. The maximum atomic E-state index is 13.4. The van der Waals surface area contributed by atoms with Gasteiger partial charge in [-0.05, 0) is 43.5 Å². The summed E-state index contributed by atoms with van der Waals surface area (Å²) in [6.07, 6.45) is 1.90. The van der Waals surface area contributed by atoms with E-state index in [0.29, 0.717) is 16.9 Å². The first-order valence-corrected chi connectivity index (χ1v) is 12.7. The predicted octanol–water partition coefficient (Wildman–Crippen LogP) is 1.60. The van der Waals surface area contributed by atoms with E-state index in [-0.39, 0.29) is 50.5 Å². The molecule has 2 aromatic rings. The van der Waals surface area contributed by atoms with Crippen LogP contribution >= 0.6 is 0 Å². The molecule has 13 heteroatoms. The number of halogens is 2. The molecular weight excluding hydrogens is 514 g/mol. The lowest BCUT2D eigenvalue weighted by atomic mass is 10.0. The zero-order chi connectivity index (χ0) is 28.5. The topological polar surface area (TPSA) is 126 Å². The van der Waals surface area contributed by atoms with Gasteiger partial charge in [-0.2, -0.15) is 13.9 Å². The number of nitrogens with one attached hydrogen (secondary N) is 2. The third-order valence-corrected chi connectivity index (χ3v) is 6.59. The second-order valence-electron chi connectivity index (χ2n) is 9.30. The van der Waals surface area contributed by atoms with Gasteiger partial charge in [-0.3, -0.25) is 19.2 Å². The van der Waals surface area contributed by atoms with Gasteiger partial charge in [0.05, 0.1) is 7.11 Å². The third kappa shape index (κ3) is 7.98. The number of amides is 4. The first-order valence-electron chi connectivity index (χ1n) is 12.7. The molecule has 39 heavy (non-hydrogen) atoms. The zero-order valence-electron chi connectivity index (χ0n) is 22.2. The van der Waals surface area contributed by atoms with Crippen molar-refractivity contribution in [2.45, 2.75) is 51.2 Å². The van der Waals surface area contributed by atoms with Crippen LogP contribution in [-0.2, 0) is 20.8 Å². The minimum Gasteiger partial charge on any atom is -0.497 e. The second kappa shape index (κ2) is 13.7. The van der Waals surface area contributed by atoms with Crippen LogP contribution in [0.2, 0.25) is 0 Å². The second-order valence-corrected chi connectivity index (χ2v) is 9.30. The summed E-state index contributed by atoms with van der Waals surface area (Å²) < 4.78 is 31.4. The van der Waals surface area contributed by atoms with E-state index < -0.39 is 36.4 Å². The molecule has 2 heterocycles. The number of rotatable bonds is 5. The molecule has 0 spiro atoms. The fourth-order valence-corrected chi connectivity index (χ4v) is 4.17. The van der Waals surface area contributed by atoms with Crippen LogP contribution in [0.1, 0.15) is 48.8 Å². The molecule has 0 radical (unpaired) electrons. The van der Waals surface area contributed by atoms with Crippen LogP contribution in [-0.4, -0.2) is 89.1 Å². The normalized spacial score (nSPS) is 20.2. The van der Waals surface area contributed by atoms with E-state index in [1.165, 1.54) is 22.9 Å². The molecule has 1 aliphatic heterocycles. The van der Waals surface area contributed by atoms with E-state index in [1.807, 2.05) is 0 Å². The number of aromatic nitrogens is 2. The molecule has 2 N–H and O–H groups in total. The van der Waals surface area contributed by atoms with Gasteiger partial charge < -0.3 is 25.2 Å². The fraction of sp³-hybridized carbons (Fsp3) is 0.500. The number of hydrogen-bond donors (Lipinski definition) is 2. The molecule has 2 atom stereocenters. The van der Waals surface area contributed by atoms with E-state index in [0.717, 1.165) is 11.8 Å². The minimum absolute atomic E-state index is 0.0259. The minimum atomic E-state index is -2.87. The zero-order valence-corrected chi connectivity index (χ0v) is 22.2. The molecule has 4 amide bonds. The van der Waals surface area contributed by atoms with Gasteiger partial charge in [0.2, 0.25) is 17.7 Å². The molecule has 0 saturated carbocycles. The van der Waals surface area contributed by atoms with Crippen molar-refractivity contribution in [3.63, 3.8) is 0 Å². The number of nitrogens with zero attached hydrogens (tertiary/aromatic N) is 4. The van der Waals surface area contributed by atoms with E-state index >= 15 is 0 Å². The molecule has 0 bridgehead atoms. The van der Waals surface area contributed by atoms with Crippen LogP contribution in [0.15, 0.2) is 36.5 Å². The summed E-state index contributed by atoms with van der Waals surface area (Å²) in [6.45, 7) is -0.678. The summed E-state index contributed by atoms with van der Waals surface area (Å²) in [6, 6.07) is 6.58. The molecule has 1 aliphatic rings. The lowest BCUT2D eigenvalue weighted by Gasteiger charge is -2.29. The summed E-state index contributed by atoms with van der Waals surface area (Å²) in [5.74, 6) is -1.09. The molecule has 1 fully saturated rings. The van der Waals surface area contributed by atoms with Gasteiger partial charge in [0.1, 0.15) is 17.8 Å². The standard InChI is InChI=1S/C26H34F2N6O5/c1-17-23(36)29-12-5-14-33(25(38)20-11-15-34(31-20)26(27)28)13-4-6-22(35)30-21(24(37)32(17)2)16-18-7-9-19(39-3)10-8-18/h7-11,15,17,21,26H,4-6,12-14,16H2,1-3H3,(H,29,36)(H,30,35)/t17-,21-/m0/s1. The van der Waals surface area contributed by atoms with Crippen LogP contribution in [0.3, 0.4) is 0 Å². The molecular formula is C26H34F2N6O5. The van der Waals surface area contributed by atoms with E-state index in [9.17, 15) is 28.0 Å². The van der Waals surface area contributed by atoms with Crippen molar-refractivity contribution in [2.75, 3.05) is 33.8 Å². The van der Waals surface area contributed by atoms with Crippen LogP contribution < -0.4 is 15.4 Å². The molecule has 1 saturated heterocycles. The fourth-order valence-electron chi connectivity index (χ4n) is 4.17. The Hall–Kier alpha value is -4.03. The summed E-state index contributed by atoms with van der Waals surface area (Å²) in [7, 11) is 3.06. The van der Waals surface area contributed by atoms with Gasteiger partial charge in [0.15, 0.2) is 5.69 Å². The van der Waals surface area contributed by atoms with Gasteiger partial charge in [0, 0.05) is 45.7 Å².